The summed E-state index contributed by atoms with van der Waals surface area (Å²) in [4.78, 5) is 0. The summed E-state index contributed by atoms with van der Waals surface area (Å²) in [6.07, 6.45) is 0.189. The van der Waals surface area contributed by atoms with Crippen molar-refractivity contribution in [3.63, 3.8) is 0 Å². The molecule has 2 heteroatoms. The van der Waals surface area contributed by atoms with E-state index in [1.54, 1.807) is 0 Å². The van der Waals surface area contributed by atoms with Crippen molar-refractivity contribution in [2.75, 3.05) is 6.54 Å². The molecule has 0 aliphatic carbocycles. The second kappa shape index (κ2) is 7.12. The second-order valence-electron chi connectivity index (χ2n) is 7.22. The molecule has 1 N–H and O–H groups in total. The van der Waals surface area contributed by atoms with E-state index in [-0.39, 0.29) is 11.6 Å². The largest absolute Gasteiger partial charge is 0.489 e. The topological polar surface area (TPSA) is 21.3 Å². The van der Waals surface area contributed by atoms with Gasteiger partial charge in [0.2, 0.25) is 0 Å². The first-order chi connectivity index (χ1) is 9.20. The van der Waals surface area contributed by atoms with Crippen molar-refractivity contribution in [3.05, 3.63) is 29.8 Å². The lowest BCUT2D eigenvalue weighted by Crippen LogP contribution is -2.44. The number of ether oxygens (including phenoxy) is 1. The molecule has 1 rings (SSSR count). The van der Waals surface area contributed by atoms with Gasteiger partial charge in [-0.3, -0.25) is 0 Å². The van der Waals surface area contributed by atoms with Crippen LogP contribution in [0.2, 0.25) is 0 Å². The summed E-state index contributed by atoms with van der Waals surface area (Å²) in [7, 11) is 0. The van der Waals surface area contributed by atoms with Crippen LogP contribution in [-0.4, -0.2) is 18.2 Å². The zero-order valence-electron chi connectivity index (χ0n) is 14.2. The monoisotopic (exact) mass is 277 g/mol. The highest BCUT2D eigenvalue weighted by Crippen LogP contribution is 2.27. The van der Waals surface area contributed by atoms with Crippen LogP contribution in [0.15, 0.2) is 24.3 Å². The normalized spacial score (nSPS) is 13.8. The van der Waals surface area contributed by atoms with E-state index in [0.29, 0.717) is 11.8 Å². The second-order valence-corrected chi connectivity index (χ2v) is 7.22. The van der Waals surface area contributed by atoms with Gasteiger partial charge in [0.05, 0.1) is 0 Å². The summed E-state index contributed by atoms with van der Waals surface area (Å²) in [5.74, 6) is 1.98. The highest BCUT2D eigenvalue weighted by Gasteiger charge is 2.20. The number of benzene rings is 1. The van der Waals surface area contributed by atoms with Gasteiger partial charge < -0.3 is 10.1 Å². The summed E-state index contributed by atoms with van der Waals surface area (Å²) in [6, 6.07) is 8.38. The molecule has 0 saturated heterocycles. The summed E-state index contributed by atoms with van der Waals surface area (Å²) in [5, 5.41) is 3.55. The Balaban J connectivity index is 2.81. The van der Waals surface area contributed by atoms with Crippen molar-refractivity contribution in [1.82, 2.24) is 5.32 Å². The maximum absolute atomic E-state index is 6.30. The molecule has 114 valence electrons. The molecule has 0 heterocycles. The third-order valence-electron chi connectivity index (χ3n) is 3.40. The quantitative estimate of drug-likeness (QED) is 0.820. The van der Waals surface area contributed by atoms with Gasteiger partial charge in [-0.2, -0.15) is 0 Å². The van der Waals surface area contributed by atoms with E-state index in [0.717, 1.165) is 12.3 Å². The molecule has 0 radical (unpaired) electrons. The molecule has 0 aliphatic heterocycles. The van der Waals surface area contributed by atoms with Crippen LogP contribution < -0.4 is 10.1 Å². The van der Waals surface area contributed by atoms with E-state index in [1.165, 1.54) is 5.56 Å². The fourth-order valence-electron chi connectivity index (χ4n) is 2.05. The van der Waals surface area contributed by atoms with Crippen molar-refractivity contribution < 1.29 is 4.74 Å². The molecule has 0 bridgehead atoms. The van der Waals surface area contributed by atoms with E-state index in [4.69, 9.17) is 4.74 Å². The average molecular weight is 277 g/mol. The Kier molecular flexibility index (Phi) is 6.07. The lowest BCUT2D eigenvalue weighted by atomic mass is 10.0. The van der Waals surface area contributed by atoms with Gasteiger partial charge >= 0.3 is 0 Å². The molecule has 0 amide bonds. The van der Waals surface area contributed by atoms with Crippen molar-refractivity contribution >= 4 is 0 Å². The summed E-state index contributed by atoms with van der Waals surface area (Å²) in [5.41, 5.74) is 1.41. The number of rotatable bonds is 6. The summed E-state index contributed by atoms with van der Waals surface area (Å²) in [6.45, 7) is 16.3. The molecule has 0 fully saturated rings. The zero-order chi connectivity index (χ0) is 15.3. The first kappa shape index (κ1) is 17.0. The minimum atomic E-state index is 0.119. The van der Waals surface area contributed by atoms with Gasteiger partial charge in [-0.15, -0.1) is 0 Å². The predicted molar refractivity (Wildman–Crippen MR) is 87.5 cm³/mol. The Morgan fingerprint density at radius 1 is 1.05 bits per heavy atom. The first-order valence-electron chi connectivity index (χ1n) is 7.71. The van der Waals surface area contributed by atoms with Crippen LogP contribution in [-0.2, 0) is 0 Å². The van der Waals surface area contributed by atoms with Gasteiger partial charge in [0.1, 0.15) is 11.9 Å². The molecule has 0 aliphatic rings. The summed E-state index contributed by atoms with van der Waals surface area (Å²) < 4.78 is 6.30. The van der Waals surface area contributed by atoms with Crippen LogP contribution in [0.25, 0.3) is 0 Å². The minimum absolute atomic E-state index is 0.119. The number of nitrogens with one attached hydrogen (secondary N) is 1. The number of para-hydroxylation sites is 1. The Morgan fingerprint density at radius 3 is 2.15 bits per heavy atom. The van der Waals surface area contributed by atoms with E-state index in [9.17, 15) is 0 Å². The van der Waals surface area contributed by atoms with E-state index in [2.05, 4.69) is 78.0 Å². The average Bonchev–Trinajstić information content (AvgIpc) is 2.33. The number of hydrogen-bond acceptors (Lipinski definition) is 2. The van der Waals surface area contributed by atoms with Crippen LogP contribution in [0.5, 0.6) is 5.75 Å². The standard InChI is InChI=1S/C18H31NO/c1-13(2)15-10-8-9-11-16(15)20-17(14(3)4)12-19-18(5,6)7/h8-11,13-14,17,19H,12H2,1-7H3. The maximum atomic E-state index is 6.30. The minimum Gasteiger partial charge on any atom is -0.489 e. The molecule has 0 saturated carbocycles. The van der Waals surface area contributed by atoms with Gasteiger partial charge in [0, 0.05) is 12.1 Å². The van der Waals surface area contributed by atoms with Crippen molar-refractivity contribution in [2.24, 2.45) is 5.92 Å². The molecular weight excluding hydrogens is 246 g/mol. The van der Waals surface area contributed by atoms with Crippen molar-refractivity contribution in [1.29, 1.82) is 0 Å². The molecule has 0 spiro atoms. The van der Waals surface area contributed by atoms with Crippen LogP contribution in [0.4, 0.5) is 0 Å². The smallest absolute Gasteiger partial charge is 0.123 e. The highest BCUT2D eigenvalue weighted by atomic mass is 16.5. The maximum Gasteiger partial charge on any atom is 0.123 e. The van der Waals surface area contributed by atoms with Crippen LogP contribution in [0.3, 0.4) is 0 Å². The van der Waals surface area contributed by atoms with Gasteiger partial charge in [-0.25, -0.2) is 0 Å². The molecule has 20 heavy (non-hydrogen) atoms. The molecule has 1 atom stereocenters. The highest BCUT2D eigenvalue weighted by molar-refractivity contribution is 5.35. The Bertz CT molecular complexity index is 404. The SMILES string of the molecule is CC(C)c1ccccc1OC(CNC(C)(C)C)C(C)C. The van der Waals surface area contributed by atoms with E-state index < -0.39 is 0 Å². The lowest BCUT2D eigenvalue weighted by molar-refractivity contribution is 0.138. The van der Waals surface area contributed by atoms with Gasteiger partial charge in [-0.05, 0) is 44.2 Å². The van der Waals surface area contributed by atoms with Gasteiger partial charge in [0.15, 0.2) is 0 Å². The van der Waals surface area contributed by atoms with Crippen LogP contribution >= 0.6 is 0 Å². The van der Waals surface area contributed by atoms with Crippen LogP contribution in [0, 0.1) is 5.92 Å². The van der Waals surface area contributed by atoms with Gasteiger partial charge in [-0.1, -0.05) is 45.9 Å². The Labute approximate surface area is 124 Å². The Morgan fingerprint density at radius 2 is 1.65 bits per heavy atom. The van der Waals surface area contributed by atoms with Crippen molar-refractivity contribution in [3.8, 4) is 5.75 Å². The Hall–Kier alpha value is -1.02. The molecule has 1 aromatic rings. The molecular formula is C18H31NO. The number of hydrogen-bond donors (Lipinski definition) is 1. The predicted octanol–water partition coefficient (Wildman–Crippen LogP) is 4.60. The third kappa shape index (κ3) is 5.54. The molecule has 0 aromatic heterocycles. The molecule has 1 unspecified atom stereocenters. The molecule has 2 nitrogen and oxygen atoms in total. The van der Waals surface area contributed by atoms with Crippen LogP contribution in [0.1, 0.15) is 59.9 Å². The fourth-order valence-corrected chi connectivity index (χ4v) is 2.05. The van der Waals surface area contributed by atoms with E-state index in [1.807, 2.05) is 0 Å². The lowest BCUT2D eigenvalue weighted by Gasteiger charge is -2.29. The summed E-state index contributed by atoms with van der Waals surface area (Å²) >= 11 is 0. The first-order valence-corrected chi connectivity index (χ1v) is 7.71. The van der Waals surface area contributed by atoms with E-state index >= 15 is 0 Å². The third-order valence-corrected chi connectivity index (χ3v) is 3.40. The fraction of sp³-hybridized carbons (Fsp3) is 0.667. The van der Waals surface area contributed by atoms with Crippen molar-refractivity contribution in [2.45, 2.75) is 66.0 Å². The zero-order valence-corrected chi connectivity index (χ0v) is 14.2. The van der Waals surface area contributed by atoms with Gasteiger partial charge in [0.25, 0.3) is 0 Å². The molecule has 1 aromatic carbocycles.